The summed E-state index contributed by atoms with van der Waals surface area (Å²) < 4.78 is 0. The fraction of sp³-hybridized carbons (Fsp3) is 0.200. The molecule has 0 radical (unpaired) electrons. The van der Waals surface area contributed by atoms with Crippen LogP contribution in [0.2, 0.25) is 0 Å². The molecule has 2 rings (SSSR count). The molecule has 1 unspecified atom stereocenters. The van der Waals surface area contributed by atoms with Crippen LogP contribution in [0.15, 0.2) is 18.2 Å². The molecular weight excluding hydrogens is 152 g/mol. The molecule has 0 bridgehead atoms. The van der Waals surface area contributed by atoms with Gasteiger partial charge in [0, 0.05) is 0 Å². The Morgan fingerprint density at radius 3 is 2.92 bits per heavy atom. The van der Waals surface area contributed by atoms with Crippen molar-refractivity contribution in [2.75, 3.05) is 0 Å². The molecule has 0 fully saturated rings. The highest BCUT2D eigenvalue weighted by Crippen LogP contribution is 2.02. The molecule has 1 aromatic carbocycles. The van der Waals surface area contributed by atoms with Crippen LogP contribution >= 0.6 is 0 Å². The zero-order chi connectivity index (χ0) is 8.55. The molecule has 2 nitrogen and oxygen atoms in total. The summed E-state index contributed by atoms with van der Waals surface area (Å²) >= 11 is 0. The van der Waals surface area contributed by atoms with Crippen molar-refractivity contribution in [1.29, 1.82) is 0 Å². The fourth-order valence-corrected chi connectivity index (χ4v) is 1.42. The van der Waals surface area contributed by atoms with E-state index >= 15 is 0 Å². The topological polar surface area (TPSA) is 40.5 Å². The summed E-state index contributed by atoms with van der Waals surface area (Å²) in [5, 5.41) is 20.4. The van der Waals surface area contributed by atoms with Crippen molar-refractivity contribution in [2.45, 2.75) is 12.5 Å². The molecule has 0 spiro atoms. The lowest BCUT2D eigenvalue weighted by atomic mass is 10.1. The molecule has 1 aliphatic rings. The van der Waals surface area contributed by atoms with Crippen LogP contribution in [-0.2, 0) is 0 Å². The first-order chi connectivity index (χ1) is 5.75. The van der Waals surface area contributed by atoms with Crippen molar-refractivity contribution in [3.05, 3.63) is 28.6 Å². The van der Waals surface area contributed by atoms with E-state index in [1.807, 2.05) is 12.1 Å². The lowest BCUT2D eigenvalue weighted by molar-refractivity contribution is 0.244. The summed E-state index contributed by atoms with van der Waals surface area (Å²) in [6.07, 6.45) is 3.99. The van der Waals surface area contributed by atoms with Crippen molar-refractivity contribution in [2.24, 2.45) is 0 Å². The lowest BCUT2D eigenvalue weighted by Crippen LogP contribution is -2.29. The van der Waals surface area contributed by atoms with E-state index in [1.54, 1.807) is 18.2 Å². The Morgan fingerprint density at radius 1 is 1.25 bits per heavy atom. The van der Waals surface area contributed by atoms with Crippen molar-refractivity contribution >= 4 is 12.2 Å². The van der Waals surface area contributed by atoms with E-state index in [-0.39, 0.29) is 5.75 Å². The van der Waals surface area contributed by atoms with E-state index in [0.717, 1.165) is 10.4 Å². The second-order valence-electron chi connectivity index (χ2n) is 2.99. The van der Waals surface area contributed by atoms with Gasteiger partial charge in [0.25, 0.3) is 0 Å². The number of hydrogen-bond acceptors (Lipinski definition) is 2. The van der Waals surface area contributed by atoms with Gasteiger partial charge in [0.15, 0.2) is 0 Å². The molecule has 0 amide bonds. The minimum Gasteiger partial charge on any atom is -0.508 e. The molecule has 0 saturated carbocycles. The minimum absolute atomic E-state index is 0.243. The van der Waals surface area contributed by atoms with Gasteiger partial charge >= 0.3 is 0 Å². The van der Waals surface area contributed by atoms with Gasteiger partial charge in [0.2, 0.25) is 0 Å². The highest BCUT2D eigenvalue weighted by Gasteiger charge is 2.02. The van der Waals surface area contributed by atoms with Crippen LogP contribution in [-0.4, -0.2) is 16.3 Å². The molecule has 0 aliphatic heterocycles. The second kappa shape index (κ2) is 2.64. The Kier molecular flexibility index (Phi) is 1.62. The predicted molar refractivity (Wildman–Crippen MR) is 46.9 cm³/mol. The zero-order valence-corrected chi connectivity index (χ0v) is 6.57. The van der Waals surface area contributed by atoms with E-state index in [2.05, 4.69) is 0 Å². The number of fused-ring (bicyclic) bond motifs is 1. The summed E-state index contributed by atoms with van der Waals surface area (Å²) in [6.45, 7) is 0. The molecule has 2 N–H and O–H groups in total. The van der Waals surface area contributed by atoms with Gasteiger partial charge in [-0.05, 0) is 35.1 Å². The van der Waals surface area contributed by atoms with Crippen molar-refractivity contribution < 1.29 is 10.2 Å². The Morgan fingerprint density at radius 2 is 2.08 bits per heavy atom. The number of phenolic OH excluding ortho intramolecular Hbond substituents is 1. The smallest absolute Gasteiger partial charge is 0.116 e. The van der Waals surface area contributed by atoms with E-state index in [4.69, 9.17) is 5.11 Å². The van der Waals surface area contributed by atoms with Gasteiger partial charge in [-0.25, -0.2) is 0 Å². The Hall–Kier alpha value is -1.28. The van der Waals surface area contributed by atoms with Gasteiger partial charge in [-0.3, -0.25) is 0 Å². The third-order valence-electron chi connectivity index (χ3n) is 2.02. The highest BCUT2D eigenvalue weighted by molar-refractivity contribution is 5.43. The van der Waals surface area contributed by atoms with E-state index in [1.165, 1.54) is 0 Å². The first-order valence-electron chi connectivity index (χ1n) is 3.95. The molecule has 2 heteroatoms. The monoisotopic (exact) mass is 162 g/mol. The summed E-state index contributed by atoms with van der Waals surface area (Å²) in [5.41, 5.74) is 0. The van der Waals surface area contributed by atoms with Crippen molar-refractivity contribution in [3.8, 4) is 5.75 Å². The van der Waals surface area contributed by atoms with Crippen LogP contribution in [0.3, 0.4) is 0 Å². The number of aliphatic hydroxyl groups excluding tert-OH is 1. The molecule has 0 heterocycles. The number of rotatable bonds is 0. The van der Waals surface area contributed by atoms with Crippen LogP contribution in [0.25, 0.3) is 12.2 Å². The van der Waals surface area contributed by atoms with Gasteiger partial charge in [-0.1, -0.05) is 12.1 Å². The molecule has 0 saturated heterocycles. The average molecular weight is 162 g/mol. The SMILES string of the molecule is Oc1ccc2c(c1)=CC(O)CC=2. The van der Waals surface area contributed by atoms with Gasteiger partial charge in [-0.15, -0.1) is 0 Å². The first-order valence-corrected chi connectivity index (χ1v) is 3.95. The summed E-state index contributed by atoms with van der Waals surface area (Å²) in [4.78, 5) is 0. The molecular formula is C10H10O2. The van der Waals surface area contributed by atoms with Crippen LogP contribution in [0.4, 0.5) is 0 Å². The lowest BCUT2D eigenvalue weighted by Gasteiger charge is -2.06. The highest BCUT2D eigenvalue weighted by atomic mass is 16.3. The normalized spacial score (nSPS) is 20.6. The van der Waals surface area contributed by atoms with E-state index in [0.29, 0.717) is 6.42 Å². The number of hydrogen-bond donors (Lipinski definition) is 2. The van der Waals surface area contributed by atoms with Crippen molar-refractivity contribution in [3.63, 3.8) is 0 Å². The van der Waals surface area contributed by atoms with Gasteiger partial charge < -0.3 is 10.2 Å². The van der Waals surface area contributed by atoms with E-state index in [9.17, 15) is 5.11 Å². The minimum atomic E-state index is -0.403. The maximum Gasteiger partial charge on any atom is 0.116 e. The molecule has 1 aliphatic carbocycles. The van der Waals surface area contributed by atoms with Gasteiger partial charge in [0.1, 0.15) is 5.75 Å². The number of aliphatic hydroxyl groups is 1. The maximum absolute atomic E-state index is 9.28. The Bertz CT molecular complexity index is 406. The predicted octanol–water partition coefficient (Wildman–Crippen LogP) is -0.282. The third kappa shape index (κ3) is 1.21. The van der Waals surface area contributed by atoms with E-state index < -0.39 is 6.10 Å². The summed E-state index contributed by atoms with van der Waals surface area (Å²) in [6, 6.07) is 5.17. The van der Waals surface area contributed by atoms with Crippen molar-refractivity contribution in [1.82, 2.24) is 0 Å². The molecule has 12 heavy (non-hydrogen) atoms. The number of benzene rings is 1. The molecule has 0 aromatic heterocycles. The summed E-state index contributed by atoms with van der Waals surface area (Å²) in [5.74, 6) is 0.243. The molecule has 62 valence electrons. The Balaban J connectivity index is 2.72. The Labute approximate surface area is 70.1 Å². The average Bonchev–Trinajstić information content (AvgIpc) is 2.03. The fourth-order valence-electron chi connectivity index (χ4n) is 1.42. The van der Waals surface area contributed by atoms with Crippen LogP contribution in [0.5, 0.6) is 5.75 Å². The number of aromatic hydroxyl groups is 1. The van der Waals surface area contributed by atoms with Crippen LogP contribution < -0.4 is 10.4 Å². The van der Waals surface area contributed by atoms with Crippen LogP contribution in [0, 0.1) is 0 Å². The second-order valence-corrected chi connectivity index (χ2v) is 2.99. The zero-order valence-electron chi connectivity index (χ0n) is 6.57. The molecule has 1 aromatic rings. The largest absolute Gasteiger partial charge is 0.508 e. The van der Waals surface area contributed by atoms with Crippen LogP contribution in [0.1, 0.15) is 6.42 Å². The molecule has 1 atom stereocenters. The first kappa shape index (κ1) is 7.37. The van der Waals surface area contributed by atoms with Gasteiger partial charge in [0.05, 0.1) is 6.10 Å². The standard InChI is InChI=1S/C10H10O2/c11-9-3-1-7-2-4-10(12)6-8(7)5-9/h1-3,5-6,10-12H,4H2. The summed E-state index contributed by atoms with van der Waals surface area (Å²) in [7, 11) is 0. The number of phenols is 1. The third-order valence-corrected chi connectivity index (χ3v) is 2.02. The van der Waals surface area contributed by atoms with Gasteiger partial charge in [-0.2, -0.15) is 0 Å². The maximum atomic E-state index is 9.28. The quantitative estimate of drug-likeness (QED) is 0.550.